The molecule has 0 amide bonds. The van der Waals surface area contributed by atoms with E-state index in [0.717, 1.165) is 30.2 Å². The van der Waals surface area contributed by atoms with Crippen molar-refractivity contribution in [1.29, 1.82) is 0 Å². The smallest absolute Gasteiger partial charge is 0.164 e. The van der Waals surface area contributed by atoms with Crippen molar-refractivity contribution in [3.63, 3.8) is 0 Å². The van der Waals surface area contributed by atoms with Gasteiger partial charge in [-0.2, -0.15) is 0 Å². The lowest BCUT2D eigenvalue weighted by atomic mass is 10.1. The van der Waals surface area contributed by atoms with E-state index in [1.165, 1.54) is 11.1 Å². The summed E-state index contributed by atoms with van der Waals surface area (Å²) < 4.78 is 16.1. The van der Waals surface area contributed by atoms with Crippen LogP contribution in [0.25, 0.3) is 0 Å². The minimum Gasteiger partial charge on any atom is -0.496 e. The molecule has 0 bridgehead atoms. The van der Waals surface area contributed by atoms with Gasteiger partial charge in [-0.15, -0.1) is 0 Å². The van der Waals surface area contributed by atoms with E-state index in [2.05, 4.69) is 36.5 Å². The maximum Gasteiger partial charge on any atom is 0.164 e. The average molecular weight is 302 g/mol. The van der Waals surface area contributed by atoms with Crippen LogP contribution in [0.5, 0.6) is 17.2 Å². The zero-order valence-electron chi connectivity index (χ0n) is 13.7. The van der Waals surface area contributed by atoms with E-state index in [-0.39, 0.29) is 0 Å². The van der Waals surface area contributed by atoms with Gasteiger partial charge in [0.2, 0.25) is 0 Å². The summed E-state index contributed by atoms with van der Waals surface area (Å²) in [6, 6.07) is 12.5. The first kappa shape index (κ1) is 16.2. The largest absolute Gasteiger partial charge is 0.496 e. The summed E-state index contributed by atoms with van der Waals surface area (Å²) >= 11 is 0. The zero-order valence-corrected chi connectivity index (χ0v) is 13.7. The molecule has 0 aliphatic carbocycles. The van der Waals surface area contributed by atoms with Crippen LogP contribution in [0.4, 0.5) is 0 Å². The molecule has 0 aliphatic heterocycles. The minimum absolute atomic E-state index is 0.682. The molecule has 0 saturated heterocycles. The van der Waals surface area contributed by atoms with Crippen molar-refractivity contribution in [3.05, 3.63) is 53.1 Å². The Morgan fingerprint density at radius 3 is 1.95 bits per heavy atom. The molecule has 0 radical (unpaired) electrons. The number of ether oxygens (including phenoxy) is 3. The van der Waals surface area contributed by atoms with Crippen molar-refractivity contribution in [2.75, 3.05) is 21.3 Å². The highest BCUT2D eigenvalue weighted by molar-refractivity contribution is 5.50. The highest BCUT2D eigenvalue weighted by Gasteiger charge is 2.12. The molecule has 4 nitrogen and oxygen atoms in total. The fourth-order valence-electron chi connectivity index (χ4n) is 2.37. The molecular formula is C18H24NO3+. The first-order valence-corrected chi connectivity index (χ1v) is 7.34. The average Bonchev–Trinajstić information content (AvgIpc) is 2.56. The van der Waals surface area contributed by atoms with Crippen LogP contribution >= 0.6 is 0 Å². The van der Waals surface area contributed by atoms with Crippen molar-refractivity contribution in [2.45, 2.75) is 20.0 Å². The molecule has 2 N–H and O–H groups in total. The third-order valence-electron chi connectivity index (χ3n) is 3.65. The predicted octanol–water partition coefficient (Wildman–Crippen LogP) is 2.28. The molecule has 2 aromatic carbocycles. The van der Waals surface area contributed by atoms with Gasteiger partial charge in [0.1, 0.15) is 18.8 Å². The summed E-state index contributed by atoms with van der Waals surface area (Å²) in [4.78, 5) is 0. The van der Waals surface area contributed by atoms with Gasteiger partial charge in [0.05, 0.1) is 26.9 Å². The number of methoxy groups -OCH3 is 3. The van der Waals surface area contributed by atoms with Gasteiger partial charge in [0, 0.05) is 11.6 Å². The Hall–Kier alpha value is -2.20. The van der Waals surface area contributed by atoms with Gasteiger partial charge in [-0.05, 0) is 13.0 Å². The van der Waals surface area contributed by atoms with Crippen molar-refractivity contribution in [3.8, 4) is 17.2 Å². The van der Waals surface area contributed by atoms with Crippen molar-refractivity contribution < 1.29 is 19.5 Å². The first-order valence-electron chi connectivity index (χ1n) is 7.34. The molecule has 0 aromatic heterocycles. The van der Waals surface area contributed by atoms with E-state index in [1.807, 2.05) is 12.1 Å². The van der Waals surface area contributed by atoms with Gasteiger partial charge in [0.25, 0.3) is 0 Å². The lowest BCUT2D eigenvalue weighted by Crippen LogP contribution is -2.80. The third-order valence-corrected chi connectivity index (χ3v) is 3.65. The minimum atomic E-state index is 0.682. The molecule has 0 heterocycles. The van der Waals surface area contributed by atoms with Crippen molar-refractivity contribution >= 4 is 0 Å². The number of hydrogen-bond acceptors (Lipinski definition) is 3. The van der Waals surface area contributed by atoms with Gasteiger partial charge < -0.3 is 19.5 Å². The standard InChI is InChI=1S/C18H23NO3/c1-13-5-7-14(8-6-13)11-19-12-15-9-17(21-3)18(22-4)10-16(15)20-2/h5-10,19H,11-12H2,1-4H3/p+1. The number of nitrogens with two attached hydrogens (primary N) is 1. The molecule has 22 heavy (non-hydrogen) atoms. The van der Waals surface area contributed by atoms with E-state index in [4.69, 9.17) is 14.2 Å². The summed E-state index contributed by atoms with van der Waals surface area (Å²) in [5.74, 6) is 2.22. The maximum absolute atomic E-state index is 5.45. The highest BCUT2D eigenvalue weighted by atomic mass is 16.5. The van der Waals surface area contributed by atoms with Gasteiger partial charge in [-0.25, -0.2) is 0 Å². The number of rotatable bonds is 7. The molecule has 4 heteroatoms. The Labute approximate surface area is 132 Å². The van der Waals surface area contributed by atoms with Crippen LogP contribution in [-0.2, 0) is 13.1 Å². The monoisotopic (exact) mass is 302 g/mol. The quantitative estimate of drug-likeness (QED) is 0.853. The third kappa shape index (κ3) is 3.92. The van der Waals surface area contributed by atoms with Crippen LogP contribution in [0, 0.1) is 6.92 Å². The molecule has 0 spiro atoms. The first-order chi connectivity index (χ1) is 10.7. The molecule has 0 unspecified atom stereocenters. The SMILES string of the molecule is COc1cc(OC)c(OC)cc1C[NH2+]Cc1ccc(C)cc1. The zero-order chi connectivity index (χ0) is 15.9. The van der Waals surface area contributed by atoms with Crippen LogP contribution in [0.1, 0.15) is 16.7 Å². The molecule has 0 fully saturated rings. The van der Waals surface area contributed by atoms with Crippen molar-refractivity contribution in [1.82, 2.24) is 0 Å². The maximum atomic E-state index is 5.45. The van der Waals surface area contributed by atoms with Gasteiger partial charge in [-0.1, -0.05) is 29.8 Å². The fraction of sp³-hybridized carbons (Fsp3) is 0.333. The second-order valence-corrected chi connectivity index (χ2v) is 5.20. The molecule has 2 aromatic rings. The lowest BCUT2D eigenvalue weighted by Gasteiger charge is -2.13. The van der Waals surface area contributed by atoms with E-state index in [1.54, 1.807) is 21.3 Å². The summed E-state index contributed by atoms with van der Waals surface area (Å²) in [6.45, 7) is 3.84. The fourth-order valence-corrected chi connectivity index (χ4v) is 2.37. The van der Waals surface area contributed by atoms with Gasteiger partial charge in [-0.3, -0.25) is 0 Å². The Morgan fingerprint density at radius 1 is 0.773 bits per heavy atom. The van der Waals surface area contributed by atoms with Crippen LogP contribution in [0.2, 0.25) is 0 Å². The Bertz CT molecular complexity index is 608. The lowest BCUT2D eigenvalue weighted by molar-refractivity contribution is -0.686. The van der Waals surface area contributed by atoms with E-state index in [9.17, 15) is 0 Å². The van der Waals surface area contributed by atoms with Crippen LogP contribution in [-0.4, -0.2) is 21.3 Å². The molecule has 0 aliphatic rings. The Kier molecular flexibility index (Phi) is 5.67. The normalized spacial score (nSPS) is 10.4. The second-order valence-electron chi connectivity index (χ2n) is 5.20. The molecule has 118 valence electrons. The summed E-state index contributed by atoms with van der Waals surface area (Å²) in [5, 5.41) is 2.24. The van der Waals surface area contributed by atoms with Crippen LogP contribution in [0.3, 0.4) is 0 Å². The topological polar surface area (TPSA) is 44.3 Å². The highest BCUT2D eigenvalue weighted by Crippen LogP contribution is 2.34. The summed E-state index contributed by atoms with van der Waals surface area (Å²) in [7, 11) is 4.94. The number of quaternary nitrogens is 1. The number of hydrogen-bond donors (Lipinski definition) is 1. The summed E-state index contributed by atoms with van der Waals surface area (Å²) in [5.41, 5.74) is 3.68. The van der Waals surface area contributed by atoms with E-state index < -0.39 is 0 Å². The molecular weight excluding hydrogens is 278 g/mol. The number of benzene rings is 2. The molecule has 2 rings (SSSR count). The molecule has 0 saturated carbocycles. The van der Waals surface area contributed by atoms with Crippen LogP contribution < -0.4 is 19.5 Å². The predicted molar refractivity (Wildman–Crippen MR) is 86.6 cm³/mol. The van der Waals surface area contributed by atoms with Gasteiger partial charge >= 0.3 is 0 Å². The number of aryl methyl sites for hydroxylation is 1. The van der Waals surface area contributed by atoms with E-state index in [0.29, 0.717) is 5.75 Å². The van der Waals surface area contributed by atoms with Crippen LogP contribution in [0.15, 0.2) is 36.4 Å². The van der Waals surface area contributed by atoms with E-state index >= 15 is 0 Å². The Balaban J connectivity index is 2.06. The van der Waals surface area contributed by atoms with Crippen molar-refractivity contribution in [2.24, 2.45) is 0 Å². The Morgan fingerprint density at radius 2 is 1.36 bits per heavy atom. The van der Waals surface area contributed by atoms with Gasteiger partial charge in [0.15, 0.2) is 11.5 Å². The molecule has 0 atom stereocenters. The second kappa shape index (κ2) is 7.71. The summed E-state index contributed by atoms with van der Waals surface area (Å²) in [6.07, 6.45) is 0.